The van der Waals surface area contributed by atoms with Gasteiger partial charge in [0, 0.05) is 36.3 Å². The average Bonchev–Trinajstić information content (AvgIpc) is 3.47. The quantitative estimate of drug-likeness (QED) is 0.461. The van der Waals surface area contributed by atoms with E-state index < -0.39 is 0 Å². The Morgan fingerprint density at radius 3 is 2.36 bits per heavy atom. The number of rotatable bonds is 7. The van der Waals surface area contributed by atoms with E-state index in [0.717, 1.165) is 36.9 Å². The van der Waals surface area contributed by atoms with Crippen molar-refractivity contribution in [3.63, 3.8) is 0 Å². The van der Waals surface area contributed by atoms with Crippen LogP contribution in [0.2, 0.25) is 5.02 Å². The first kappa shape index (κ1) is 26.9. The minimum absolute atomic E-state index is 0.0174. The Balaban J connectivity index is 1.63. The fraction of sp³-hybridized carbons (Fsp3) is 0.464. The summed E-state index contributed by atoms with van der Waals surface area (Å²) in [5.41, 5.74) is 2.75. The van der Waals surface area contributed by atoms with Crippen molar-refractivity contribution in [1.82, 2.24) is 29.7 Å². The van der Waals surface area contributed by atoms with Crippen LogP contribution in [-0.2, 0) is 4.79 Å². The first-order chi connectivity index (χ1) is 18.8. The lowest BCUT2D eigenvalue weighted by atomic mass is 9.84. The second kappa shape index (κ2) is 10.8. The highest BCUT2D eigenvalue weighted by Crippen LogP contribution is 2.46. The van der Waals surface area contributed by atoms with Gasteiger partial charge in [-0.2, -0.15) is 4.98 Å². The van der Waals surface area contributed by atoms with Crippen LogP contribution in [0.4, 0.5) is 0 Å². The highest BCUT2D eigenvalue weighted by atomic mass is 35.5. The number of hydrogen-bond acceptors (Lipinski definition) is 7. The van der Waals surface area contributed by atoms with E-state index in [1.165, 1.54) is 14.2 Å². The number of aromatic nitrogens is 4. The number of hydrogen-bond donors (Lipinski definition) is 1. The van der Waals surface area contributed by atoms with Gasteiger partial charge in [-0.25, -0.2) is 9.97 Å². The van der Waals surface area contributed by atoms with E-state index in [2.05, 4.69) is 33.7 Å². The van der Waals surface area contributed by atoms with E-state index in [-0.39, 0.29) is 41.9 Å². The van der Waals surface area contributed by atoms with E-state index >= 15 is 0 Å². The molecule has 1 fully saturated rings. The van der Waals surface area contributed by atoms with E-state index in [4.69, 9.17) is 26.1 Å². The number of halogens is 1. The van der Waals surface area contributed by atoms with Gasteiger partial charge in [0.15, 0.2) is 5.69 Å². The number of imidazole rings is 1. The number of nitrogens with one attached hydrogen (secondary N) is 1. The molecular weight excluding hydrogens is 520 g/mol. The van der Waals surface area contributed by atoms with Crippen molar-refractivity contribution in [3.8, 4) is 23.3 Å². The van der Waals surface area contributed by atoms with Gasteiger partial charge in [-0.15, -0.1) is 0 Å². The standard InChI is InChI=1S/C28H33ClN6O4/c1-15(2)34-23-21(32-24(34)20-14-31-28(39-5)33-26(20)38-4)27(37)35(22(23)16-6-10-18(29)11-7-16)19-12-8-17(9-13-19)25(36)30-3/h6-7,10-11,14-15,17,19,22H,8-9,12-13H2,1-5H3,(H,30,36). The van der Waals surface area contributed by atoms with Crippen molar-refractivity contribution in [2.45, 2.75) is 57.7 Å². The Labute approximate surface area is 232 Å². The molecular formula is C28H33ClN6O4. The topological polar surface area (TPSA) is 111 Å². The Morgan fingerprint density at radius 2 is 1.77 bits per heavy atom. The number of ether oxygens (including phenoxy) is 2. The first-order valence-electron chi connectivity index (χ1n) is 13.2. The third-order valence-electron chi connectivity index (χ3n) is 7.68. The monoisotopic (exact) mass is 552 g/mol. The molecule has 3 heterocycles. The third-order valence-corrected chi connectivity index (χ3v) is 7.93. The summed E-state index contributed by atoms with van der Waals surface area (Å²) in [6.45, 7) is 4.12. The van der Waals surface area contributed by atoms with Gasteiger partial charge in [-0.1, -0.05) is 23.7 Å². The molecule has 1 N–H and O–H groups in total. The maximum Gasteiger partial charge on any atom is 0.319 e. The van der Waals surface area contributed by atoms with Gasteiger partial charge in [-0.05, 0) is 57.2 Å². The summed E-state index contributed by atoms with van der Waals surface area (Å²) >= 11 is 6.24. The molecule has 2 aliphatic rings. The van der Waals surface area contributed by atoms with Gasteiger partial charge in [0.2, 0.25) is 11.8 Å². The third kappa shape index (κ3) is 4.71. The molecule has 2 amide bonds. The van der Waals surface area contributed by atoms with Gasteiger partial charge >= 0.3 is 6.01 Å². The van der Waals surface area contributed by atoms with Gasteiger partial charge in [0.25, 0.3) is 5.91 Å². The van der Waals surface area contributed by atoms with Crippen LogP contribution in [0.25, 0.3) is 11.4 Å². The number of methoxy groups -OCH3 is 2. The average molecular weight is 553 g/mol. The van der Waals surface area contributed by atoms with Crippen LogP contribution < -0.4 is 14.8 Å². The zero-order valence-electron chi connectivity index (χ0n) is 22.8. The van der Waals surface area contributed by atoms with Gasteiger partial charge in [-0.3, -0.25) is 9.59 Å². The lowest BCUT2D eigenvalue weighted by molar-refractivity contribution is -0.125. The second-order valence-electron chi connectivity index (χ2n) is 10.2. The number of amides is 2. The van der Waals surface area contributed by atoms with Crippen LogP contribution in [0.15, 0.2) is 30.5 Å². The highest BCUT2D eigenvalue weighted by Gasteiger charge is 2.47. The Bertz CT molecular complexity index is 1380. The molecule has 1 aromatic carbocycles. The van der Waals surface area contributed by atoms with E-state index in [1.54, 1.807) is 13.2 Å². The lowest BCUT2D eigenvalue weighted by Crippen LogP contribution is -2.43. The summed E-state index contributed by atoms with van der Waals surface area (Å²) in [7, 11) is 4.69. The van der Waals surface area contributed by atoms with Crippen LogP contribution in [0.5, 0.6) is 11.9 Å². The Morgan fingerprint density at radius 1 is 1.08 bits per heavy atom. The predicted molar refractivity (Wildman–Crippen MR) is 146 cm³/mol. The van der Waals surface area contributed by atoms with Gasteiger partial charge in [0.05, 0.1) is 25.5 Å². The molecule has 1 aliphatic carbocycles. The molecule has 5 rings (SSSR count). The fourth-order valence-electron chi connectivity index (χ4n) is 5.87. The highest BCUT2D eigenvalue weighted by molar-refractivity contribution is 6.30. The number of carbonyl (C=O) groups excluding carboxylic acids is 2. The first-order valence-corrected chi connectivity index (χ1v) is 13.5. The normalized spacial score (nSPS) is 20.7. The SMILES string of the molecule is CNC(=O)C1CCC(N2C(=O)c3nc(-c4cnc(OC)nc4OC)n(C(C)C)c3C2c2ccc(Cl)cc2)CC1. The number of fused-ring (bicyclic) bond motifs is 1. The Kier molecular flexibility index (Phi) is 7.48. The molecule has 0 bridgehead atoms. The van der Waals surface area contributed by atoms with Crippen LogP contribution in [-0.4, -0.2) is 63.5 Å². The summed E-state index contributed by atoms with van der Waals surface area (Å²) in [4.78, 5) is 41.9. The van der Waals surface area contributed by atoms with Gasteiger partial charge in [0.1, 0.15) is 11.9 Å². The van der Waals surface area contributed by atoms with E-state index in [9.17, 15) is 9.59 Å². The maximum atomic E-state index is 14.2. The van der Waals surface area contributed by atoms with Crippen molar-refractivity contribution in [2.24, 2.45) is 5.92 Å². The summed E-state index contributed by atoms with van der Waals surface area (Å²) < 4.78 is 12.8. The largest absolute Gasteiger partial charge is 0.480 e. The maximum absolute atomic E-state index is 14.2. The zero-order valence-corrected chi connectivity index (χ0v) is 23.5. The number of benzene rings is 1. The van der Waals surface area contributed by atoms with E-state index in [0.29, 0.717) is 28.0 Å². The molecule has 10 nitrogen and oxygen atoms in total. The van der Waals surface area contributed by atoms with Crippen molar-refractivity contribution >= 4 is 23.4 Å². The molecule has 0 radical (unpaired) electrons. The number of carbonyl (C=O) groups is 2. The Hall–Kier alpha value is -3.66. The molecule has 2 aromatic heterocycles. The molecule has 1 atom stereocenters. The van der Waals surface area contributed by atoms with Crippen LogP contribution in [0, 0.1) is 5.92 Å². The molecule has 11 heteroatoms. The van der Waals surface area contributed by atoms with Crippen molar-refractivity contribution < 1.29 is 19.1 Å². The minimum Gasteiger partial charge on any atom is -0.480 e. The summed E-state index contributed by atoms with van der Waals surface area (Å²) in [6, 6.07) is 7.39. The van der Waals surface area contributed by atoms with Crippen molar-refractivity contribution in [2.75, 3.05) is 21.3 Å². The molecule has 1 saturated carbocycles. The van der Waals surface area contributed by atoms with E-state index in [1.807, 2.05) is 29.2 Å². The second-order valence-corrected chi connectivity index (χ2v) is 10.6. The molecule has 0 saturated heterocycles. The fourth-order valence-corrected chi connectivity index (χ4v) is 5.99. The zero-order chi connectivity index (χ0) is 27.8. The molecule has 0 spiro atoms. The lowest BCUT2D eigenvalue weighted by Gasteiger charge is -2.38. The summed E-state index contributed by atoms with van der Waals surface area (Å²) in [6.07, 6.45) is 4.56. The van der Waals surface area contributed by atoms with Crippen LogP contribution in [0.1, 0.15) is 73.4 Å². The summed E-state index contributed by atoms with van der Waals surface area (Å²) in [5.74, 6) is 0.781. The molecule has 1 aliphatic heterocycles. The molecule has 206 valence electrons. The van der Waals surface area contributed by atoms with Crippen molar-refractivity contribution in [3.05, 3.63) is 52.4 Å². The predicted octanol–water partition coefficient (Wildman–Crippen LogP) is 4.44. The van der Waals surface area contributed by atoms with Crippen LogP contribution in [0.3, 0.4) is 0 Å². The minimum atomic E-state index is -0.361. The van der Waals surface area contributed by atoms with Gasteiger partial charge < -0.3 is 24.3 Å². The smallest absolute Gasteiger partial charge is 0.319 e. The molecule has 3 aromatic rings. The summed E-state index contributed by atoms with van der Waals surface area (Å²) in [5, 5.41) is 3.39. The van der Waals surface area contributed by atoms with Crippen LogP contribution >= 0.6 is 11.6 Å². The van der Waals surface area contributed by atoms with Crippen molar-refractivity contribution in [1.29, 1.82) is 0 Å². The molecule has 1 unspecified atom stereocenters. The number of nitrogens with zero attached hydrogens (tertiary/aromatic N) is 5. The molecule has 39 heavy (non-hydrogen) atoms.